The van der Waals surface area contributed by atoms with Crippen molar-refractivity contribution in [3.05, 3.63) is 72.2 Å². The molecule has 0 fully saturated rings. The summed E-state index contributed by atoms with van der Waals surface area (Å²) in [6, 6.07) is 7.01. The van der Waals surface area contributed by atoms with Gasteiger partial charge >= 0.3 is 5.95 Å². The number of rotatable bonds is 3. The number of aromatic nitrogens is 5. The van der Waals surface area contributed by atoms with Crippen LogP contribution >= 0.6 is 0 Å². The number of pyridine rings is 2. The summed E-state index contributed by atoms with van der Waals surface area (Å²) in [4.78, 5) is 25.4. The van der Waals surface area contributed by atoms with E-state index in [4.69, 9.17) is 0 Å². The van der Waals surface area contributed by atoms with E-state index in [2.05, 4.69) is 30.7 Å². The first-order valence-corrected chi connectivity index (χ1v) is 7.78. The maximum absolute atomic E-state index is 13.0. The molecule has 0 aliphatic carbocycles. The van der Waals surface area contributed by atoms with Crippen molar-refractivity contribution in [1.29, 1.82) is 0 Å². The molecule has 1 aliphatic rings. The SMILES string of the molecule is CC1=C(C(=O)Nc2cccnc2)C(c2ccncc2)[n+]2[nH]cnc2N1. The smallest absolute Gasteiger partial charge is 0.321 e. The standard InChI is InChI=1S/C17H15N7O/c1-11-14(16(25)23-13-3-2-6-19-9-13)15(12-4-7-18-8-5-12)24-17(22-11)20-10-21-24/h2-10,15H,1H3,(H2,20,21,22,23,25)/p+1. The summed E-state index contributed by atoms with van der Waals surface area (Å²) in [7, 11) is 0. The van der Waals surface area contributed by atoms with Gasteiger partial charge in [0.15, 0.2) is 12.4 Å². The second kappa shape index (κ2) is 6.16. The Bertz CT molecular complexity index is 934. The highest BCUT2D eigenvalue weighted by Crippen LogP contribution is 2.29. The minimum Gasteiger partial charge on any atom is -0.321 e. The molecule has 1 unspecified atom stereocenters. The van der Waals surface area contributed by atoms with Crippen molar-refractivity contribution in [2.24, 2.45) is 0 Å². The second-order valence-electron chi connectivity index (χ2n) is 5.62. The molecule has 4 rings (SSSR count). The Kier molecular flexibility index (Phi) is 3.70. The van der Waals surface area contributed by atoms with Crippen LogP contribution in [0.25, 0.3) is 0 Å². The fraction of sp³-hybridized carbons (Fsp3) is 0.118. The first kappa shape index (κ1) is 15.0. The van der Waals surface area contributed by atoms with Gasteiger partial charge < -0.3 is 5.32 Å². The van der Waals surface area contributed by atoms with E-state index < -0.39 is 0 Å². The zero-order chi connectivity index (χ0) is 17.2. The lowest BCUT2D eigenvalue weighted by molar-refractivity contribution is -0.746. The van der Waals surface area contributed by atoms with Crippen LogP contribution in [0.1, 0.15) is 18.5 Å². The summed E-state index contributed by atoms with van der Waals surface area (Å²) in [6.07, 6.45) is 8.28. The van der Waals surface area contributed by atoms with Gasteiger partial charge in [-0.3, -0.25) is 14.8 Å². The Balaban J connectivity index is 1.77. The van der Waals surface area contributed by atoms with Gasteiger partial charge in [0.1, 0.15) is 0 Å². The number of hydrogen-bond donors (Lipinski definition) is 3. The Hall–Kier alpha value is -3.55. The Morgan fingerprint density at radius 3 is 2.80 bits per heavy atom. The van der Waals surface area contributed by atoms with Crippen molar-refractivity contribution in [3.8, 4) is 0 Å². The van der Waals surface area contributed by atoms with E-state index in [0.717, 1.165) is 11.3 Å². The number of carbonyl (C=O) groups is 1. The first-order valence-electron chi connectivity index (χ1n) is 7.78. The number of carbonyl (C=O) groups excluding carboxylic acids is 1. The van der Waals surface area contributed by atoms with Crippen LogP contribution in [0.15, 0.2) is 66.7 Å². The molecule has 3 aromatic rings. The molecule has 1 amide bonds. The number of hydrogen-bond acceptors (Lipinski definition) is 5. The fourth-order valence-corrected chi connectivity index (χ4v) is 2.93. The molecular formula is C17H16N7O+. The van der Waals surface area contributed by atoms with Crippen molar-refractivity contribution in [2.45, 2.75) is 13.0 Å². The molecular weight excluding hydrogens is 318 g/mol. The lowest BCUT2D eigenvalue weighted by Crippen LogP contribution is -2.50. The number of amides is 1. The van der Waals surface area contributed by atoms with Crippen molar-refractivity contribution in [2.75, 3.05) is 10.6 Å². The zero-order valence-electron chi connectivity index (χ0n) is 13.5. The predicted octanol–water partition coefficient (Wildman–Crippen LogP) is 1.41. The van der Waals surface area contributed by atoms with E-state index in [0.29, 0.717) is 17.2 Å². The second-order valence-corrected chi connectivity index (χ2v) is 5.62. The Morgan fingerprint density at radius 1 is 1.20 bits per heavy atom. The molecule has 0 radical (unpaired) electrons. The van der Waals surface area contributed by atoms with Crippen LogP contribution in [0.3, 0.4) is 0 Å². The average Bonchev–Trinajstić information content (AvgIpc) is 3.10. The molecule has 4 heterocycles. The molecule has 8 nitrogen and oxygen atoms in total. The number of nitrogens with one attached hydrogen (secondary N) is 3. The summed E-state index contributed by atoms with van der Waals surface area (Å²) >= 11 is 0. The normalized spacial score (nSPS) is 16.1. The van der Waals surface area contributed by atoms with Crippen molar-refractivity contribution in [1.82, 2.24) is 20.1 Å². The number of nitrogens with zero attached hydrogens (tertiary/aromatic N) is 4. The third kappa shape index (κ3) is 2.74. The number of anilines is 2. The molecule has 0 saturated heterocycles. The van der Waals surface area contributed by atoms with Crippen molar-refractivity contribution < 1.29 is 9.48 Å². The minimum atomic E-state index is -0.335. The van der Waals surface area contributed by atoms with Crippen LogP contribution in [0.5, 0.6) is 0 Å². The lowest BCUT2D eigenvalue weighted by atomic mass is 9.96. The number of fused-ring (bicyclic) bond motifs is 1. The molecule has 0 saturated carbocycles. The van der Waals surface area contributed by atoms with E-state index in [-0.39, 0.29) is 11.9 Å². The largest absolute Gasteiger partial charge is 0.416 e. The summed E-state index contributed by atoms with van der Waals surface area (Å²) in [5.74, 6) is 0.449. The Labute approximate surface area is 143 Å². The van der Waals surface area contributed by atoms with Crippen LogP contribution in [0.2, 0.25) is 0 Å². The predicted molar refractivity (Wildman–Crippen MR) is 90.3 cm³/mol. The number of allylic oxidation sites excluding steroid dienone is 1. The highest BCUT2D eigenvalue weighted by Gasteiger charge is 2.38. The third-order valence-corrected chi connectivity index (χ3v) is 4.03. The van der Waals surface area contributed by atoms with E-state index in [1.165, 1.54) is 0 Å². The van der Waals surface area contributed by atoms with Gasteiger partial charge in [0.25, 0.3) is 5.91 Å². The quantitative estimate of drug-likeness (QED) is 0.629. The van der Waals surface area contributed by atoms with Gasteiger partial charge in [0.2, 0.25) is 0 Å². The molecule has 124 valence electrons. The van der Waals surface area contributed by atoms with Crippen LogP contribution in [0.4, 0.5) is 11.6 Å². The maximum Gasteiger partial charge on any atom is 0.416 e. The fourth-order valence-electron chi connectivity index (χ4n) is 2.93. The highest BCUT2D eigenvalue weighted by molar-refractivity contribution is 6.05. The van der Waals surface area contributed by atoms with E-state index in [1.807, 2.05) is 23.7 Å². The minimum absolute atomic E-state index is 0.201. The molecule has 1 atom stereocenters. The van der Waals surface area contributed by atoms with Gasteiger partial charge in [-0.1, -0.05) is 4.98 Å². The third-order valence-electron chi connectivity index (χ3n) is 4.03. The number of H-pyrrole nitrogens is 1. The lowest BCUT2D eigenvalue weighted by Gasteiger charge is -2.23. The van der Waals surface area contributed by atoms with Crippen LogP contribution in [0, 0.1) is 0 Å². The van der Waals surface area contributed by atoms with Gasteiger partial charge in [-0.05, 0) is 36.8 Å². The van der Waals surface area contributed by atoms with Gasteiger partial charge in [0, 0.05) is 18.6 Å². The van der Waals surface area contributed by atoms with E-state index in [1.54, 1.807) is 43.2 Å². The molecule has 3 N–H and O–H groups in total. The molecule has 1 aliphatic heterocycles. The summed E-state index contributed by atoms with van der Waals surface area (Å²) < 4.78 is 1.82. The van der Waals surface area contributed by atoms with Crippen LogP contribution < -0.4 is 15.3 Å². The van der Waals surface area contributed by atoms with E-state index >= 15 is 0 Å². The highest BCUT2D eigenvalue weighted by atomic mass is 16.1. The van der Waals surface area contributed by atoms with Gasteiger partial charge in [-0.2, -0.15) is 0 Å². The molecule has 25 heavy (non-hydrogen) atoms. The van der Waals surface area contributed by atoms with Crippen molar-refractivity contribution in [3.63, 3.8) is 0 Å². The van der Waals surface area contributed by atoms with Crippen molar-refractivity contribution >= 4 is 17.5 Å². The van der Waals surface area contributed by atoms with Gasteiger partial charge in [0.05, 0.1) is 23.2 Å². The maximum atomic E-state index is 13.0. The zero-order valence-corrected chi connectivity index (χ0v) is 13.5. The van der Waals surface area contributed by atoms with Gasteiger partial charge in [-0.25, -0.2) is 10.4 Å². The van der Waals surface area contributed by atoms with Crippen LogP contribution in [-0.4, -0.2) is 26.0 Å². The summed E-state index contributed by atoms with van der Waals surface area (Å²) in [5.41, 5.74) is 2.91. The van der Waals surface area contributed by atoms with Gasteiger partial charge in [-0.15, -0.1) is 4.68 Å². The molecule has 0 spiro atoms. The summed E-state index contributed by atoms with van der Waals surface area (Å²) in [6.45, 7) is 1.87. The summed E-state index contributed by atoms with van der Waals surface area (Å²) in [5, 5.41) is 9.14. The number of aromatic amines is 1. The van der Waals surface area contributed by atoms with E-state index in [9.17, 15) is 4.79 Å². The first-order chi connectivity index (χ1) is 12.2. The molecule has 0 bridgehead atoms. The average molecular weight is 334 g/mol. The van der Waals surface area contributed by atoms with Crippen LogP contribution in [-0.2, 0) is 4.79 Å². The molecule has 0 aromatic carbocycles. The Morgan fingerprint density at radius 2 is 2.04 bits per heavy atom. The molecule has 8 heteroatoms. The topological polar surface area (TPSA) is 99.5 Å². The molecule has 3 aromatic heterocycles. The monoisotopic (exact) mass is 334 g/mol.